The summed E-state index contributed by atoms with van der Waals surface area (Å²) in [6.45, 7) is 5.55. The lowest BCUT2D eigenvalue weighted by atomic mass is 10.0. The quantitative estimate of drug-likeness (QED) is 0.117. The molecule has 0 amide bonds. The highest BCUT2D eigenvalue weighted by Gasteiger charge is 1.96. The predicted octanol–water partition coefficient (Wildman–Crippen LogP) is 9.27. The molecule has 0 rings (SSSR count). The second kappa shape index (κ2) is 26.2. The van der Waals surface area contributed by atoms with Gasteiger partial charge >= 0.3 is 0 Å². The third-order valence-corrected chi connectivity index (χ3v) is 6.55. The van der Waals surface area contributed by atoms with Crippen LogP contribution in [0.2, 0.25) is 6.04 Å². The van der Waals surface area contributed by atoms with Crippen molar-refractivity contribution in [2.45, 2.75) is 155 Å². The van der Waals surface area contributed by atoms with Crippen LogP contribution in [0, 0.1) is 0 Å². The Labute approximate surface area is 175 Å². The van der Waals surface area contributed by atoms with E-state index in [2.05, 4.69) is 13.8 Å². The number of rotatable bonds is 24. The van der Waals surface area contributed by atoms with E-state index < -0.39 is 0 Å². The molecule has 0 unspecified atom stereocenters. The molecule has 1 nitrogen and oxygen atoms in total. The Kier molecular flexibility index (Phi) is 26.3. The van der Waals surface area contributed by atoms with Crippen molar-refractivity contribution in [3.8, 4) is 0 Å². The molecule has 0 aliphatic heterocycles. The topological polar surface area (TPSA) is 9.23 Å². The van der Waals surface area contributed by atoms with Crippen molar-refractivity contribution in [3.05, 3.63) is 0 Å². The predicted molar refractivity (Wildman–Crippen MR) is 125 cm³/mol. The average molecular weight is 397 g/mol. The van der Waals surface area contributed by atoms with Crippen LogP contribution in [0.15, 0.2) is 0 Å². The van der Waals surface area contributed by atoms with Crippen molar-refractivity contribution in [2.24, 2.45) is 0 Å². The van der Waals surface area contributed by atoms with Gasteiger partial charge in [0.05, 0.1) is 0 Å². The molecule has 0 aromatic carbocycles. The molecule has 2 heteroatoms. The van der Waals surface area contributed by atoms with Gasteiger partial charge in [0, 0.05) is 6.61 Å². The van der Waals surface area contributed by atoms with Gasteiger partial charge in [0.2, 0.25) is 9.76 Å². The minimum atomic E-state index is 0.749. The minimum absolute atomic E-state index is 0.749. The Morgan fingerprint density at radius 2 is 0.741 bits per heavy atom. The summed E-state index contributed by atoms with van der Waals surface area (Å²) in [6.07, 6.45) is 30.1. The summed E-state index contributed by atoms with van der Waals surface area (Å²) in [4.78, 5) is 0. The third kappa shape index (κ3) is 26.2. The molecule has 0 atom stereocenters. The Morgan fingerprint density at radius 3 is 1.11 bits per heavy atom. The highest BCUT2D eigenvalue weighted by Crippen LogP contribution is 2.14. The summed E-state index contributed by atoms with van der Waals surface area (Å²) in [5.41, 5.74) is 0. The third-order valence-electron chi connectivity index (χ3n) is 5.58. The fourth-order valence-corrected chi connectivity index (χ4v) is 4.58. The van der Waals surface area contributed by atoms with E-state index in [1.54, 1.807) is 0 Å². The first-order valence-corrected chi connectivity index (χ1v) is 13.9. The maximum absolute atomic E-state index is 5.70. The van der Waals surface area contributed by atoms with Crippen molar-refractivity contribution in [1.29, 1.82) is 0 Å². The van der Waals surface area contributed by atoms with E-state index >= 15 is 0 Å². The lowest BCUT2D eigenvalue weighted by Crippen LogP contribution is -2.00. The zero-order chi connectivity index (χ0) is 19.7. The Bertz CT molecular complexity index is 220. The molecule has 0 fully saturated rings. The van der Waals surface area contributed by atoms with Gasteiger partial charge in [-0.3, -0.25) is 0 Å². The van der Waals surface area contributed by atoms with Crippen LogP contribution in [0.25, 0.3) is 0 Å². The molecule has 2 radical (unpaired) electrons. The van der Waals surface area contributed by atoms with E-state index in [9.17, 15) is 0 Å². The smallest absolute Gasteiger partial charge is 0.229 e. The fraction of sp³-hybridized carbons (Fsp3) is 1.00. The van der Waals surface area contributed by atoms with Gasteiger partial charge in [-0.15, -0.1) is 0 Å². The Hall–Kier alpha value is 0.177. The van der Waals surface area contributed by atoms with Crippen LogP contribution < -0.4 is 0 Å². The first kappa shape index (κ1) is 27.2. The molecule has 0 aromatic rings. The summed E-state index contributed by atoms with van der Waals surface area (Å²) in [7, 11) is 0.749. The largest absolute Gasteiger partial charge is 0.417 e. The molecule has 0 saturated carbocycles. The van der Waals surface area contributed by atoms with Crippen LogP contribution in [-0.2, 0) is 4.43 Å². The number of hydrogen-bond acceptors (Lipinski definition) is 1. The van der Waals surface area contributed by atoms with Crippen LogP contribution >= 0.6 is 0 Å². The highest BCUT2D eigenvalue weighted by atomic mass is 28.2. The molecule has 0 saturated heterocycles. The molecule has 0 N–H and O–H groups in total. The summed E-state index contributed by atoms with van der Waals surface area (Å²) >= 11 is 0. The van der Waals surface area contributed by atoms with Gasteiger partial charge in [-0.25, -0.2) is 0 Å². The second-order valence-electron chi connectivity index (χ2n) is 8.46. The summed E-state index contributed by atoms with van der Waals surface area (Å²) < 4.78 is 5.70. The lowest BCUT2D eigenvalue weighted by molar-refractivity contribution is 0.319. The maximum atomic E-state index is 5.70. The molecule has 0 aliphatic carbocycles. The first-order valence-electron chi connectivity index (χ1n) is 12.8. The van der Waals surface area contributed by atoms with Gasteiger partial charge in [0.1, 0.15) is 0 Å². The number of unbranched alkanes of at least 4 members (excludes halogenated alkanes) is 19. The van der Waals surface area contributed by atoms with Crippen molar-refractivity contribution < 1.29 is 4.43 Å². The molecular formula is C25H52OSi. The maximum Gasteiger partial charge on any atom is 0.229 e. The van der Waals surface area contributed by atoms with E-state index in [0.29, 0.717) is 0 Å². The Morgan fingerprint density at radius 1 is 0.407 bits per heavy atom. The lowest BCUT2D eigenvalue weighted by Gasteiger charge is -2.04. The average Bonchev–Trinajstić information content (AvgIpc) is 2.68. The highest BCUT2D eigenvalue weighted by molar-refractivity contribution is 6.26. The molecule has 162 valence electrons. The molecule has 27 heavy (non-hydrogen) atoms. The fourth-order valence-electron chi connectivity index (χ4n) is 3.65. The zero-order valence-corrected chi connectivity index (χ0v) is 20.2. The normalized spacial score (nSPS) is 11.3. The summed E-state index contributed by atoms with van der Waals surface area (Å²) in [5, 5.41) is 0. The molecule has 0 aliphatic rings. The molecule has 0 spiro atoms. The van der Waals surface area contributed by atoms with Crippen molar-refractivity contribution in [3.63, 3.8) is 0 Å². The van der Waals surface area contributed by atoms with Crippen molar-refractivity contribution in [1.82, 2.24) is 0 Å². The minimum Gasteiger partial charge on any atom is -0.417 e. The van der Waals surface area contributed by atoms with Gasteiger partial charge in [-0.05, 0) is 12.5 Å². The standard InChI is InChI=1S/C25H52OSi/c1-3-5-7-8-9-10-11-12-13-14-15-16-17-18-19-20-21-22-23-24-26-27-25-6-4-2/h3-25H2,1-2H3. The van der Waals surface area contributed by atoms with Gasteiger partial charge in [0.15, 0.2) is 0 Å². The second-order valence-corrected chi connectivity index (χ2v) is 9.54. The van der Waals surface area contributed by atoms with Gasteiger partial charge < -0.3 is 4.43 Å². The van der Waals surface area contributed by atoms with E-state index in [4.69, 9.17) is 4.43 Å². The van der Waals surface area contributed by atoms with Crippen molar-refractivity contribution >= 4 is 9.76 Å². The SMILES string of the molecule is CCCCCCCCCCCCCCCCCCCCCO[Si]CCCC. The molecule has 0 aromatic heterocycles. The first-order chi connectivity index (χ1) is 13.4. The van der Waals surface area contributed by atoms with Gasteiger partial charge in [0.25, 0.3) is 0 Å². The molecular weight excluding hydrogens is 344 g/mol. The van der Waals surface area contributed by atoms with Gasteiger partial charge in [-0.1, -0.05) is 142 Å². The van der Waals surface area contributed by atoms with Crippen LogP contribution in [0.5, 0.6) is 0 Å². The van der Waals surface area contributed by atoms with E-state index in [1.165, 1.54) is 141 Å². The summed E-state index contributed by atoms with van der Waals surface area (Å²) in [5.74, 6) is 0. The van der Waals surface area contributed by atoms with E-state index in [0.717, 1.165) is 16.4 Å². The van der Waals surface area contributed by atoms with E-state index in [-0.39, 0.29) is 0 Å². The van der Waals surface area contributed by atoms with Gasteiger partial charge in [-0.2, -0.15) is 0 Å². The van der Waals surface area contributed by atoms with Crippen LogP contribution in [-0.4, -0.2) is 16.4 Å². The van der Waals surface area contributed by atoms with E-state index in [1.807, 2.05) is 0 Å². The number of hydrogen-bond donors (Lipinski definition) is 0. The zero-order valence-electron chi connectivity index (χ0n) is 19.2. The Balaban J connectivity index is 2.95. The summed E-state index contributed by atoms with van der Waals surface area (Å²) in [6, 6.07) is 1.27. The molecule has 0 heterocycles. The van der Waals surface area contributed by atoms with Crippen LogP contribution in [0.3, 0.4) is 0 Å². The van der Waals surface area contributed by atoms with Crippen molar-refractivity contribution in [2.75, 3.05) is 6.61 Å². The van der Waals surface area contributed by atoms with Crippen LogP contribution in [0.4, 0.5) is 0 Å². The molecule has 0 bridgehead atoms. The van der Waals surface area contributed by atoms with Crippen LogP contribution in [0.1, 0.15) is 149 Å². The monoisotopic (exact) mass is 396 g/mol.